The number of hydrogen-bond acceptors (Lipinski definition) is 6. The Hall–Kier alpha value is -3.93. The van der Waals surface area contributed by atoms with Gasteiger partial charge in [0.25, 0.3) is 0 Å². The molecular formula is C69H116O6. The van der Waals surface area contributed by atoms with Crippen molar-refractivity contribution in [3.8, 4) is 0 Å². The Labute approximate surface area is 463 Å². The Morgan fingerprint density at radius 1 is 0.280 bits per heavy atom. The van der Waals surface area contributed by atoms with Gasteiger partial charge in [0.05, 0.1) is 0 Å². The van der Waals surface area contributed by atoms with Crippen molar-refractivity contribution < 1.29 is 28.6 Å². The lowest BCUT2D eigenvalue weighted by atomic mass is 10.0. The van der Waals surface area contributed by atoms with E-state index in [2.05, 4.69) is 130 Å². The van der Waals surface area contributed by atoms with E-state index in [0.29, 0.717) is 19.3 Å². The molecule has 0 aliphatic heterocycles. The summed E-state index contributed by atoms with van der Waals surface area (Å²) in [6.07, 6.45) is 85.2. The molecule has 0 N–H and O–H groups in total. The average Bonchev–Trinajstić information content (AvgIpc) is 3.41. The van der Waals surface area contributed by atoms with Crippen LogP contribution in [0.1, 0.15) is 290 Å². The molecule has 0 rings (SSSR count). The molecule has 6 nitrogen and oxygen atoms in total. The van der Waals surface area contributed by atoms with E-state index in [1.165, 1.54) is 128 Å². The monoisotopic (exact) mass is 1040 g/mol. The summed E-state index contributed by atoms with van der Waals surface area (Å²) in [5, 5.41) is 0. The molecule has 0 bridgehead atoms. The van der Waals surface area contributed by atoms with Crippen LogP contribution in [0.5, 0.6) is 0 Å². The van der Waals surface area contributed by atoms with Gasteiger partial charge in [-0.3, -0.25) is 14.4 Å². The topological polar surface area (TPSA) is 78.9 Å². The Balaban J connectivity index is 4.42. The quantitative estimate of drug-likeness (QED) is 0.0261. The lowest BCUT2D eigenvalue weighted by molar-refractivity contribution is -0.167. The fraction of sp³-hybridized carbons (Fsp3) is 0.696. The van der Waals surface area contributed by atoms with Crippen molar-refractivity contribution in [2.24, 2.45) is 0 Å². The highest BCUT2D eigenvalue weighted by Crippen LogP contribution is 2.16. The molecule has 6 heteroatoms. The molecule has 75 heavy (non-hydrogen) atoms. The van der Waals surface area contributed by atoms with Crippen molar-refractivity contribution >= 4 is 17.9 Å². The van der Waals surface area contributed by atoms with Crippen LogP contribution in [0.15, 0.2) is 109 Å². The molecule has 0 aromatic rings. The van der Waals surface area contributed by atoms with Gasteiger partial charge in [0.1, 0.15) is 13.2 Å². The zero-order valence-electron chi connectivity index (χ0n) is 49.0. The van der Waals surface area contributed by atoms with E-state index in [1.54, 1.807) is 0 Å². The molecule has 0 aromatic heterocycles. The molecule has 0 heterocycles. The first-order valence-electron chi connectivity index (χ1n) is 31.4. The van der Waals surface area contributed by atoms with Crippen LogP contribution in [0.25, 0.3) is 0 Å². The molecule has 0 aromatic carbocycles. The fourth-order valence-electron chi connectivity index (χ4n) is 8.64. The van der Waals surface area contributed by atoms with Crippen molar-refractivity contribution in [3.63, 3.8) is 0 Å². The molecule has 0 saturated carbocycles. The van der Waals surface area contributed by atoms with Gasteiger partial charge in [-0.05, 0) is 103 Å². The molecule has 0 amide bonds. The van der Waals surface area contributed by atoms with Crippen molar-refractivity contribution in [1.29, 1.82) is 0 Å². The van der Waals surface area contributed by atoms with E-state index < -0.39 is 6.10 Å². The largest absolute Gasteiger partial charge is 0.462 e. The summed E-state index contributed by atoms with van der Waals surface area (Å²) in [7, 11) is 0. The first kappa shape index (κ1) is 71.1. The number of carbonyl (C=O) groups excluding carboxylic acids is 3. The SMILES string of the molecule is CC/C=C\C/C=C\C/C=C\C/C=C\C/C=C\CCCCCCCCCC(=O)OCC(COC(=O)CCCC/C=C\C/C=C\C/C=C\C/C=C\CC)OC(=O)CCCCCCCCCCCCCCCCCCCCC. The van der Waals surface area contributed by atoms with Crippen molar-refractivity contribution in [2.75, 3.05) is 13.2 Å². The van der Waals surface area contributed by atoms with Crippen molar-refractivity contribution in [2.45, 2.75) is 297 Å². The van der Waals surface area contributed by atoms with E-state index in [-0.39, 0.29) is 31.1 Å². The average molecular weight is 1040 g/mol. The highest BCUT2D eigenvalue weighted by molar-refractivity contribution is 5.71. The Morgan fingerprint density at radius 3 is 0.840 bits per heavy atom. The van der Waals surface area contributed by atoms with Crippen LogP contribution in [0.3, 0.4) is 0 Å². The van der Waals surface area contributed by atoms with E-state index in [1.807, 2.05) is 0 Å². The van der Waals surface area contributed by atoms with Gasteiger partial charge in [-0.2, -0.15) is 0 Å². The second-order valence-corrected chi connectivity index (χ2v) is 20.6. The van der Waals surface area contributed by atoms with E-state index >= 15 is 0 Å². The lowest BCUT2D eigenvalue weighted by Crippen LogP contribution is -2.30. The molecule has 1 atom stereocenters. The second-order valence-electron chi connectivity index (χ2n) is 20.6. The minimum absolute atomic E-state index is 0.0965. The summed E-state index contributed by atoms with van der Waals surface area (Å²) in [5.41, 5.74) is 0. The summed E-state index contributed by atoms with van der Waals surface area (Å²) in [6, 6.07) is 0. The number of ether oxygens (including phenoxy) is 3. The maximum atomic E-state index is 12.9. The van der Waals surface area contributed by atoms with Crippen LogP contribution in [0.2, 0.25) is 0 Å². The standard InChI is InChI=1S/C69H116O6/c1-4-7-10-13-16-19-22-25-28-30-32-33-34-35-37-38-41-44-47-50-53-56-59-62-68(71)74-65-66(64-73-67(70)61-58-55-52-49-46-43-40-27-24-21-18-15-12-9-6-3)75-69(72)63-60-57-54-51-48-45-42-39-36-31-29-26-23-20-17-14-11-8-5-2/h7,9-10,12,16,18-19,21,25,27-28,32-33,35,37,40,46,49,66H,4-6,8,11,13-15,17,20,22-24,26,29-31,34,36,38-39,41-45,47-48,50-65H2,1-3H3/b10-7-,12-9-,19-16-,21-18-,28-25-,33-32-,37-35-,40-27-,49-46-. The molecule has 0 fully saturated rings. The highest BCUT2D eigenvalue weighted by atomic mass is 16.6. The number of carbonyl (C=O) groups is 3. The molecular weight excluding hydrogens is 925 g/mol. The number of allylic oxidation sites excluding steroid dienone is 18. The van der Waals surface area contributed by atoms with Gasteiger partial charge in [0, 0.05) is 19.3 Å². The van der Waals surface area contributed by atoms with Gasteiger partial charge < -0.3 is 14.2 Å². The third-order valence-corrected chi connectivity index (χ3v) is 13.3. The van der Waals surface area contributed by atoms with E-state index in [0.717, 1.165) is 122 Å². The zero-order valence-corrected chi connectivity index (χ0v) is 49.0. The maximum absolute atomic E-state index is 12.9. The van der Waals surface area contributed by atoms with E-state index in [9.17, 15) is 14.4 Å². The molecule has 428 valence electrons. The summed E-state index contributed by atoms with van der Waals surface area (Å²) in [4.78, 5) is 38.3. The van der Waals surface area contributed by atoms with Crippen molar-refractivity contribution in [1.82, 2.24) is 0 Å². The minimum Gasteiger partial charge on any atom is -0.462 e. The van der Waals surface area contributed by atoms with Gasteiger partial charge in [0.15, 0.2) is 6.10 Å². The normalized spacial score (nSPS) is 12.8. The lowest BCUT2D eigenvalue weighted by Gasteiger charge is -2.18. The summed E-state index contributed by atoms with van der Waals surface area (Å²) in [6.45, 7) is 6.39. The molecule has 0 aliphatic rings. The number of hydrogen-bond donors (Lipinski definition) is 0. The van der Waals surface area contributed by atoms with Crippen LogP contribution < -0.4 is 0 Å². The van der Waals surface area contributed by atoms with Gasteiger partial charge in [-0.15, -0.1) is 0 Å². The Bertz CT molecular complexity index is 1520. The van der Waals surface area contributed by atoms with Crippen LogP contribution in [-0.2, 0) is 28.6 Å². The Morgan fingerprint density at radius 2 is 0.520 bits per heavy atom. The van der Waals surface area contributed by atoms with E-state index in [4.69, 9.17) is 14.2 Å². The predicted octanol–water partition coefficient (Wildman–Crippen LogP) is 21.4. The van der Waals surface area contributed by atoms with Crippen LogP contribution in [-0.4, -0.2) is 37.2 Å². The van der Waals surface area contributed by atoms with Crippen molar-refractivity contribution in [3.05, 3.63) is 109 Å². The number of esters is 3. The van der Waals surface area contributed by atoms with Crippen LogP contribution in [0, 0.1) is 0 Å². The van der Waals surface area contributed by atoms with Gasteiger partial charge >= 0.3 is 17.9 Å². The third kappa shape index (κ3) is 60.8. The predicted molar refractivity (Wildman–Crippen MR) is 325 cm³/mol. The number of unbranched alkanes of at least 4 members (excludes halogenated alkanes) is 27. The van der Waals surface area contributed by atoms with Gasteiger partial charge in [-0.1, -0.05) is 278 Å². The maximum Gasteiger partial charge on any atom is 0.306 e. The smallest absolute Gasteiger partial charge is 0.306 e. The van der Waals surface area contributed by atoms with Crippen LogP contribution >= 0.6 is 0 Å². The molecule has 0 saturated heterocycles. The minimum atomic E-state index is -0.801. The molecule has 0 radical (unpaired) electrons. The first-order chi connectivity index (χ1) is 37.0. The second kappa shape index (κ2) is 62.6. The Kier molecular flexibility index (Phi) is 59.3. The fourth-order valence-corrected chi connectivity index (χ4v) is 8.64. The zero-order chi connectivity index (χ0) is 54.3. The highest BCUT2D eigenvalue weighted by Gasteiger charge is 2.19. The number of rotatable bonds is 56. The summed E-state index contributed by atoms with van der Waals surface area (Å²) < 4.78 is 16.9. The molecule has 0 spiro atoms. The molecule has 0 aliphatic carbocycles. The third-order valence-electron chi connectivity index (χ3n) is 13.3. The first-order valence-corrected chi connectivity index (χ1v) is 31.4. The summed E-state index contributed by atoms with van der Waals surface area (Å²) in [5.74, 6) is -0.940. The van der Waals surface area contributed by atoms with Gasteiger partial charge in [0.2, 0.25) is 0 Å². The molecule has 1 unspecified atom stereocenters. The van der Waals surface area contributed by atoms with Gasteiger partial charge in [-0.25, -0.2) is 0 Å². The summed E-state index contributed by atoms with van der Waals surface area (Å²) >= 11 is 0. The van der Waals surface area contributed by atoms with Crippen LogP contribution in [0.4, 0.5) is 0 Å².